The van der Waals surface area contributed by atoms with E-state index in [9.17, 15) is 4.79 Å². The lowest BCUT2D eigenvalue weighted by Gasteiger charge is -2.15. The molecular formula is C12H15N3O. The number of carbonyl (C=O) groups excluding carboxylic acids is 1. The molecule has 0 fully saturated rings. The molecule has 0 aliphatic heterocycles. The van der Waals surface area contributed by atoms with Crippen LogP contribution in [0, 0.1) is 18.3 Å². The fourth-order valence-electron chi connectivity index (χ4n) is 1.48. The van der Waals surface area contributed by atoms with Gasteiger partial charge >= 0.3 is 0 Å². The number of pyridine rings is 1. The van der Waals surface area contributed by atoms with Crippen molar-refractivity contribution in [1.82, 2.24) is 4.98 Å². The van der Waals surface area contributed by atoms with Crippen LogP contribution >= 0.6 is 0 Å². The number of carbonyl (C=O) groups is 1. The minimum absolute atomic E-state index is 0.148. The van der Waals surface area contributed by atoms with Gasteiger partial charge in [0.15, 0.2) is 5.78 Å². The molecule has 84 valence electrons. The number of nitrogens with zero attached hydrogens (tertiary/aromatic N) is 3. The first-order valence-corrected chi connectivity index (χ1v) is 5.01. The molecule has 0 bridgehead atoms. The SMILES string of the molecule is CC(=O)C(C#N)c1cnc(N(C)C)cc1C. The van der Waals surface area contributed by atoms with Crippen LogP contribution in [0.1, 0.15) is 24.0 Å². The van der Waals surface area contributed by atoms with E-state index >= 15 is 0 Å². The molecule has 1 heterocycles. The van der Waals surface area contributed by atoms with Gasteiger partial charge in [0, 0.05) is 20.3 Å². The number of aromatic nitrogens is 1. The van der Waals surface area contributed by atoms with Crippen molar-refractivity contribution in [3.63, 3.8) is 0 Å². The van der Waals surface area contributed by atoms with Crippen molar-refractivity contribution < 1.29 is 4.79 Å². The van der Waals surface area contributed by atoms with Gasteiger partial charge in [-0.1, -0.05) is 0 Å². The van der Waals surface area contributed by atoms with Crippen LogP contribution in [0.15, 0.2) is 12.3 Å². The van der Waals surface area contributed by atoms with Gasteiger partial charge < -0.3 is 4.90 Å². The van der Waals surface area contributed by atoms with Gasteiger partial charge in [0.05, 0.1) is 6.07 Å². The number of hydrogen-bond donors (Lipinski definition) is 0. The minimum atomic E-state index is -0.705. The molecule has 1 atom stereocenters. The first-order chi connectivity index (χ1) is 7.47. The molecule has 1 aromatic heterocycles. The van der Waals surface area contributed by atoms with Crippen molar-refractivity contribution in [2.75, 3.05) is 19.0 Å². The fraction of sp³-hybridized carbons (Fsp3) is 0.417. The Labute approximate surface area is 95.5 Å². The van der Waals surface area contributed by atoms with Crippen molar-refractivity contribution in [3.8, 4) is 6.07 Å². The Hall–Kier alpha value is -1.89. The van der Waals surface area contributed by atoms with Crippen molar-refractivity contribution in [3.05, 3.63) is 23.4 Å². The standard InChI is InChI=1S/C12H15N3O/c1-8-5-12(15(3)4)14-7-11(8)10(6-13)9(2)16/h5,7,10H,1-4H3. The van der Waals surface area contributed by atoms with Crippen LogP contribution in [0.2, 0.25) is 0 Å². The Balaban J connectivity index is 3.18. The predicted octanol–water partition coefficient (Wildman–Crippen LogP) is 1.65. The molecule has 0 spiro atoms. The first kappa shape index (κ1) is 12.2. The number of hydrogen-bond acceptors (Lipinski definition) is 4. The summed E-state index contributed by atoms with van der Waals surface area (Å²) in [6, 6.07) is 3.88. The zero-order valence-corrected chi connectivity index (χ0v) is 9.98. The van der Waals surface area contributed by atoms with Gasteiger partial charge in [0.2, 0.25) is 0 Å². The topological polar surface area (TPSA) is 57.0 Å². The second-order valence-electron chi connectivity index (χ2n) is 3.97. The Morgan fingerprint density at radius 1 is 1.56 bits per heavy atom. The van der Waals surface area contributed by atoms with Crippen LogP contribution in [-0.2, 0) is 4.79 Å². The molecule has 4 nitrogen and oxygen atoms in total. The highest BCUT2D eigenvalue weighted by Gasteiger charge is 2.18. The van der Waals surface area contributed by atoms with Gasteiger partial charge in [-0.3, -0.25) is 4.79 Å². The highest BCUT2D eigenvalue weighted by molar-refractivity contribution is 5.86. The van der Waals surface area contributed by atoms with E-state index in [1.807, 2.05) is 38.1 Å². The molecule has 0 saturated heterocycles. The van der Waals surface area contributed by atoms with Crippen molar-refractivity contribution >= 4 is 11.6 Å². The molecule has 0 aromatic carbocycles. The molecule has 16 heavy (non-hydrogen) atoms. The average Bonchev–Trinajstić information content (AvgIpc) is 2.20. The number of rotatable bonds is 3. The normalized spacial score (nSPS) is 11.7. The summed E-state index contributed by atoms with van der Waals surface area (Å²) < 4.78 is 0. The highest BCUT2D eigenvalue weighted by Crippen LogP contribution is 2.22. The largest absolute Gasteiger partial charge is 0.363 e. The van der Waals surface area contributed by atoms with E-state index in [0.717, 1.165) is 11.4 Å². The summed E-state index contributed by atoms with van der Waals surface area (Å²) >= 11 is 0. The molecule has 1 aromatic rings. The highest BCUT2D eigenvalue weighted by atomic mass is 16.1. The maximum atomic E-state index is 11.3. The van der Waals surface area contributed by atoms with Gasteiger partial charge in [-0.15, -0.1) is 0 Å². The molecule has 1 unspecified atom stereocenters. The maximum Gasteiger partial charge on any atom is 0.151 e. The number of nitriles is 1. The quantitative estimate of drug-likeness (QED) is 0.772. The lowest BCUT2D eigenvalue weighted by molar-refractivity contribution is -0.117. The van der Waals surface area contributed by atoms with E-state index in [1.54, 1.807) is 6.20 Å². The molecule has 0 radical (unpaired) electrons. The molecule has 0 aliphatic carbocycles. The van der Waals surface area contributed by atoms with Crippen molar-refractivity contribution in [1.29, 1.82) is 5.26 Å². The Kier molecular flexibility index (Phi) is 3.62. The van der Waals surface area contributed by atoms with Gasteiger partial charge in [-0.2, -0.15) is 5.26 Å². The fourth-order valence-corrected chi connectivity index (χ4v) is 1.48. The lowest BCUT2D eigenvalue weighted by atomic mass is 9.95. The average molecular weight is 217 g/mol. The second-order valence-corrected chi connectivity index (χ2v) is 3.97. The Morgan fingerprint density at radius 3 is 2.56 bits per heavy atom. The van der Waals surface area contributed by atoms with Crippen LogP contribution in [0.25, 0.3) is 0 Å². The van der Waals surface area contributed by atoms with Crippen molar-refractivity contribution in [2.24, 2.45) is 0 Å². The van der Waals surface area contributed by atoms with Crippen LogP contribution in [-0.4, -0.2) is 24.9 Å². The molecular weight excluding hydrogens is 202 g/mol. The van der Waals surface area contributed by atoms with Gasteiger partial charge in [0.25, 0.3) is 0 Å². The first-order valence-electron chi connectivity index (χ1n) is 5.01. The van der Waals surface area contributed by atoms with Gasteiger partial charge in [-0.05, 0) is 31.0 Å². The minimum Gasteiger partial charge on any atom is -0.363 e. The molecule has 4 heteroatoms. The third-order valence-corrected chi connectivity index (χ3v) is 2.44. The summed E-state index contributed by atoms with van der Waals surface area (Å²) in [4.78, 5) is 17.4. The van der Waals surface area contributed by atoms with E-state index in [1.165, 1.54) is 6.92 Å². The van der Waals surface area contributed by atoms with E-state index in [-0.39, 0.29) is 5.78 Å². The zero-order valence-electron chi connectivity index (χ0n) is 9.98. The summed E-state index contributed by atoms with van der Waals surface area (Å²) in [6.45, 7) is 3.31. The van der Waals surface area contributed by atoms with Crippen LogP contribution in [0.4, 0.5) is 5.82 Å². The Bertz CT molecular complexity index is 446. The monoisotopic (exact) mass is 217 g/mol. The summed E-state index contributed by atoms with van der Waals surface area (Å²) in [5.74, 6) is -0.0322. The molecule has 1 rings (SSSR count). The Morgan fingerprint density at radius 2 is 2.19 bits per heavy atom. The molecule has 0 saturated carbocycles. The number of anilines is 1. The van der Waals surface area contributed by atoms with E-state index in [0.29, 0.717) is 5.56 Å². The van der Waals surface area contributed by atoms with Crippen LogP contribution in [0.5, 0.6) is 0 Å². The lowest BCUT2D eigenvalue weighted by Crippen LogP contribution is -2.13. The second kappa shape index (κ2) is 4.75. The van der Waals surface area contributed by atoms with E-state index < -0.39 is 5.92 Å². The number of Topliss-reactive ketones (excluding diaryl/α,β-unsaturated/α-hetero) is 1. The predicted molar refractivity (Wildman–Crippen MR) is 62.3 cm³/mol. The van der Waals surface area contributed by atoms with Crippen LogP contribution < -0.4 is 4.90 Å². The van der Waals surface area contributed by atoms with Gasteiger partial charge in [0.1, 0.15) is 11.7 Å². The molecule has 0 N–H and O–H groups in total. The summed E-state index contributed by atoms with van der Waals surface area (Å²) in [6.07, 6.45) is 1.61. The number of aryl methyl sites for hydroxylation is 1. The summed E-state index contributed by atoms with van der Waals surface area (Å²) in [5, 5.41) is 8.94. The van der Waals surface area contributed by atoms with E-state index in [2.05, 4.69) is 4.98 Å². The summed E-state index contributed by atoms with van der Waals surface area (Å²) in [5.41, 5.74) is 1.61. The van der Waals surface area contributed by atoms with Gasteiger partial charge in [-0.25, -0.2) is 4.98 Å². The maximum absolute atomic E-state index is 11.3. The van der Waals surface area contributed by atoms with Crippen LogP contribution in [0.3, 0.4) is 0 Å². The third-order valence-electron chi connectivity index (χ3n) is 2.44. The number of ketones is 1. The summed E-state index contributed by atoms with van der Waals surface area (Å²) in [7, 11) is 3.79. The van der Waals surface area contributed by atoms with E-state index in [4.69, 9.17) is 5.26 Å². The smallest absolute Gasteiger partial charge is 0.151 e. The molecule has 0 amide bonds. The molecule has 0 aliphatic rings. The third kappa shape index (κ3) is 2.37. The van der Waals surface area contributed by atoms with Crippen molar-refractivity contribution in [2.45, 2.75) is 19.8 Å². The zero-order chi connectivity index (χ0) is 12.3.